The van der Waals surface area contributed by atoms with Crippen LogP contribution in [-0.2, 0) is 11.2 Å². The van der Waals surface area contributed by atoms with Gasteiger partial charge < -0.3 is 10.1 Å². The van der Waals surface area contributed by atoms with E-state index in [1.807, 2.05) is 18.2 Å². The summed E-state index contributed by atoms with van der Waals surface area (Å²) in [4.78, 5) is 11.4. The Morgan fingerprint density at radius 3 is 2.89 bits per heavy atom. The third-order valence-corrected chi connectivity index (χ3v) is 2.17. The third kappa shape index (κ3) is 3.85. The number of hydrogen-bond donors (Lipinski definition) is 2. The van der Waals surface area contributed by atoms with E-state index in [4.69, 9.17) is 4.74 Å². The van der Waals surface area contributed by atoms with Crippen molar-refractivity contribution >= 4 is 5.91 Å². The molecule has 18 heavy (non-hydrogen) atoms. The van der Waals surface area contributed by atoms with Gasteiger partial charge in [0.15, 0.2) is 12.4 Å². The summed E-state index contributed by atoms with van der Waals surface area (Å²) in [7, 11) is 0. The van der Waals surface area contributed by atoms with Crippen LogP contribution < -0.4 is 10.1 Å². The quantitative estimate of drug-likeness (QED) is 0.745. The molecule has 94 valence electrons. The van der Waals surface area contributed by atoms with Crippen molar-refractivity contribution in [2.45, 2.75) is 6.42 Å². The standard InChI is InChI=1S/C11H13N5O2/c17-11(8-18-9-4-2-1-3-5-9)12-7-6-10-13-15-16-14-10/h1-5H,6-8H2,(H,12,17)(H,13,14,15,16). The molecule has 0 atom stereocenters. The van der Waals surface area contributed by atoms with Gasteiger partial charge >= 0.3 is 0 Å². The lowest BCUT2D eigenvalue weighted by Crippen LogP contribution is -2.30. The average molecular weight is 247 g/mol. The Kier molecular flexibility index (Phi) is 4.23. The lowest BCUT2D eigenvalue weighted by molar-refractivity contribution is -0.123. The second kappa shape index (κ2) is 6.33. The topological polar surface area (TPSA) is 92.8 Å². The Morgan fingerprint density at radius 2 is 2.17 bits per heavy atom. The van der Waals surface area contributed by atoms with Crippen molar-refractivity contribution in [3.63, 3.8) is 0 Å². The van der Waals surface area contributed by atoms with Gasteiger partial charge in [-0.15, -0.1) is 10.2 Å². The molecule has 7 nitrogen and oxygen atoms in total. The van der Waals surface area contributed by atoms with Gasteiger partial charge in [0.2, 0.25) is 0 Å². The fraction of sp³-hybridized carbons (Fsp3) is 0.273. The van der Waals surface area contributed by atoms with E-state index in [-0.39, 0.29) is 12.5 Å². The first-order chi connectivity index (χ1) is 8.84. The van der Waals surface area contributed by atoms with Crippen molar-refractivity contribution in [3.05, 3.63) is 36.2 Å². The average Bonchev–Trinajstić information content (AvgIpc) is 2.91. The maximum absolute atomic E-state index is 11.4. The fourth-order valence-corrected chi connectivity index (χ4v) is 1.32. The molecule has 0 radical (unpaired) electrons. The first kappa shape index (κ1) is 12.0. The Labute approximate surface area is 104 Å². The number of para-hydroxylation sites is 1. The zero-order valence-electron chi connectivity index (χ0n) is 9.67. The number of carbonyl (C=O) groups is 1. The lowest BCUT2D eigenvalue weighted by atomic mass is 10.3. The molecule has 0 spiro atoms. The number of ether oxygens (including phenoxy) is 1. The number of carbonyl (C=O) groups excluding carboxylic acids is 1. The molecular weight excluding hydrogens is 234 g/mol. The second-order valence-electron chi connectivity index (χ2n) is 3.53. The molecule has 0 aliphatic heterocycles. The summed E-state index contributed by atoms with van der Waals surface area (Å²) in [6.45, 7) is 0.451. The number of nitrogens with zero attached hydrogens (tertiary/aromatic N) is 3. The number of benzene rings is 1. The minimum atomic E-state index is -0.178. The highest BCUT2D eigenvalue weighted by atomic mass is 16.5. The Balaban J connectivity index is 1.63. The molecule has 0 fully saturated rings. The van der Waals surface area contributed by atoms with Crippen LogP contribution in [0.25, 0.3) is 0 Å². The lowest BCUT2D eigenvalue weighted by Gasteiger charge is -2.06. The van der Waals surface area contributed by atoms with Crippen LogP contribution in [0, 0.1) is 0 Å². The molecule has 0 bridgehead atoms. The molecule has 0 aliphatic rings. The van der Waals surface area contributed by atoms with Crippen LogP contribution in [0.1, 0.15) is 5.82 Å². The number of amides is 1. The van der Waals surface area contributed by atoms with Crippen molar-refractivity contribution in [2.75, 3.05) is 13.2 Å². The van der Waals surface area contributed by atoms with E-state index in [0.29, 0.717) is 24.5 Å². The van der Waals surface area contributed by atoms with Gasteiger partial charge in [-0.1, -0.05) is 23.4 Å². The van der Waals surface area contributed by atoms with Crippen molar-refractivity contribution in [3.8, 4) is 5.75 Å². The van der Waals surface area contributed by atoms with E-state index in [1.54, 1.807) is 12.1 Å². The van der Waals surface area contributed by atoms with Crippen LogP contribution in [-0.4, -0.2) is 39.7 Å². The Morgan fingerprint density at radius 1 is 1.33 bits per heavy atom. The summed E-state index contributed by atoms with van der Waals surface area (Å²) >= 11 is 0. The Hall–Kier alpha value is -2.44. The van der Waals surface area contributed by atoms with Crippen LogP contribution >= 0.6 is 0 Å². The maximum Gasteiger partial charge on any atom is 0.257 e. The van der Waals surface area contributed by atoms with Gasteiger partial charge in [-0.05, 0) is 12.1 Å². The fourth-order valence-electron chi connectivity index (χ4n) is 1.32. The molecule has 1 aromatic carbocycles. The molecule has 1 amide bonds. The van der Waals surface area contributed by atoms with Gasteiger partial charge in [-0.25, -0.2) is 0 Å². The van der Waals surface area contributed by atoms with E-state index < -0.39 is 0 Å². The van der Waals surface area contributed by atoms with E-state index in [0.717, 1.165) is 0 Å². The number of H-pyrrole nitrogens is 1. The molecule has 0 unspecified atom stereocenters. The van der Waals surface area contributed by atoms with Crippen LogP contribution in [0.5, 0.6) is 5.75 Å². The van der Waals surface area contributed by atoms with Crippen molar-refractivity contribution in [1.82, 2.24) is 25.9 Å². The van der Waals surface area contributed by atoms with E-state index in [2.05, 4.69) is 25.9 Å². The van der Waals surface area contributed by atoms with Gasteiger partial charge in [0.05, 0.1) is 0 Å². The van der Waals surface area contributed by atoms with E-state index >= 15 is 0 Å². The summed E-state index contributed by atoms with van der Waals surface area (Å²) in [5.41, 5.74) is 0. The molecule has 2 aromatic rings. The van der Waals surface area contributed by atoms with E-state index in [1.165, 1.54) is 0 Å². The first-order valence-corrected chi connectivity index (χ1v) is 5.51. The van der Waals surface area contributed by atoms with Crippen LogP contribution in [0.2, 0.25) is 0 Å². The number of nitrogens with one attached hydrogen (secondary N) is 2. The highest BCUT2D eigenvalue weighted by molar-refractivity contribution is 5.77. The SMILES string of the molecule is O=C(COc1ccccc1)NCCc1nn[nH]n1. The molecule has 7 heteroatoms. The molecular formula is C11H13N5O2. The zero-order valence-corrected chi connectivity index (χ0v) is 9.67. The number of hydrogen-bond acceptors (Lipinski definition) is 5. The predicted molar refractivity (Wildman–Crippen MR) is 62.8 cm³/mol. The maximum atomic E-state index is 11.4. The first-order valence-electron chi connectivity index (χ1n) is 5.51. The van der Waals surface area contributed by atoms with E-state index in [9.17, 15) is 4.79 Å². The van der Waals surface area contributed by atoms with Crippen molar-refractivity contribution in [1.29, 1.82) is 0 Å². The predicted octanol–water partition coefficient (Wildman–Crippen LogP) is -0.0626. The summed E-state index contributed by atoms with van der Waals surface area (Å²) in [6, 6.07) is 9.18. The number of tetrazole rings is 1. The van der Waals surface area contributed by atoms with Gasteiger partial charge in [0.25, 0.3) is 5.91 Å². The summed E-state index contributed by atoms with van der Waals surface area (Å²) < 4.78 is 5.29. The van der Waals surface area contributed by atoms with Gasteiger partial charge in [0, 0.05) is 13.0 Å². The number of rotatable bonds is 6. The second-order valence-corrected chi connectivity index (χ2v) is 3.53. The molecule has 0 saturated heterocycles. The molecule has 2 N–H and O–H groups in total. The molecule has 1 heterocycles. The Bertz CT molecular complexity index is 471. The smallest absolute Gasteiger partial charge is 0.257 e. The summed E-state index contributed by atoms with van der Waals surface area (Å²) in [6.07, 6.45) is 0.535. The number of aromatic amines is 1. The van der Waals surface area contributed by atoms with Gasteiger partial charge in [0.1, 0.15) is 5.75 Å². The van der Waals surface area contributed by atoms with Gasteiger partial charge in [-0.3, -0.25) is 4.79 Å². The highest BCUT2D eigenvalue weighted by Gasteiger charge is 2.03. The normalized spacial score (nSPS) is 10.0. The largest absolute Gasteiger partial charge is 0.484 e. The van der Waals surface area contributed by atoms with Crippen LogP contribution in [0.15, 0.2) is 30.3 Å². The molecule has 0 saturated carbocycles. The van der Waals surface area contributed by atoms with Crippen LogP contribution in [0.3, 0.4) is 0 Å². The zero-order chi connectivity index (χ0) is 12.6. The minimum absolute atomic E-state index is 0.00371. The molecule has 2 rings (SSSR count). The summed E-state index contributed by atoms with van der Waals surface area (Å²) in [5, 5.41) is 16.0. The molecule has 1 aromatic heterocycles. The molecule has 0 aliphatic carbocycles. The van der Waals surface area contributed by atoms with Crippen molar-refractivity contribution < 1.29 is 9.53 Å². The highest BCUT2D eigenvalue weighted by Crippen LogP contribution is 2.07. The van der Waals surface area contributed by atoms with Gasteiger partial charge in [-0.2, -0.15) is 5.21 Å². The monoisotopic (exact) mass is 247 g/mol. The number of aromatic nitrogens is 4. The van der Waals surface area contributed by atoms with Crippen molar-refractivity contribution in [2.24, 2.45) is 0 Å². The third-order valence-electron chi connectivity index (χ3n) is 2.17. The summed E-state index contributed by atoms with van der Waals surface area (Å²) in [5.74, 6) is 1.06. The van der Waals surface area contributed by atoms with Crippen LogP contribution in [0.4, 0.5) is 0 Å². The minimum Gasteiger partial charge on any atom is -0.484 e.